The molecule has 0 bridgehead atoms. The Balaban J connectivity index is 3.26. The van der Waals surface area contributed by atoms with Gasteiger partial charge in [0, 0.05) is 0 Å². The average molecular weight is 336 g/mol. The van der Waals surface area contributed by atoms with Crippen molar-refractivity contribution in [1.29, 1.82) is 0 Å². The highest BCUT2D eigenvalue weighted by Gasteiger charge is 2.20. The van der Waals surface area contributed by atoms with Gasteiger partial charge in [-0.1, -0.05) is 0 Å². The van der Waals surface area contributed by atoms with E-state index in [1.807, 2.05) is 22.6 Å². The Morgan fingerprint density at radius 1 is 1.25 bits per heavy atom. The Morgan fingerprint density at radius 3 is 2.31 bits per heavy atom. The van der Waals surface area contributed by atoms with Crippen LogP contribution in [0.3, 0.4) is 0 Å². The fourth-order valence-corrected chi connectivity index (χ4v) is 2.15. The first-order valence-corrected chi connectivity index (χ1v) is 5.81. The normalized spacial score (nSPS) is 9.75. The third-order valence-corrected chi connectivity index (χ3v) is 3.06. The van der Waals surface area contributed by atoms with Crippen molar-refractivity contribution in [3.8, 4) is 11.5 Å². The Morgan fingerprint density at radius 2 is 1.81 bits per heavy atom. The van der Waals surface area contributed by atoms with Crippen LogP contribution in [0.4, 0.5) is 0 Å². The largest absolute Gasteiger partial charge is 0.496 e. The van der Waals surface area contributed by atoms with Crippen LogP contribution >= 0.6 is 22.6 Å². The lowest BCUT2D eigenvalue weighted by Gasteiger charge is -2.12. The predicted octanol–water partition coefficient (Wildman–Crippen LogP) is 2.49. The maximum Gasteiger partial charge on any atom is 0.343 e. The first-order chi connectivity index (χ1) is 7.65. The molecule has 0 atom stereocenters. The summed E-state index contributed by atoms with van der Waals surface area (Å²) in [7, 11) is 3.07. The molecule has 0 fully saturated rings. The van der Waals surface area contributed by atoms with Gasteiger partial charge < -0.3 is 14.2 Å². The molecule has 4 nitrogen and oxygen atoms in total. The van der Waals surface area contributed by atoms with Gasteiger partial charge in [-0.2, -0.15) is 0 Å². The van der Waals surface area contributed by atoms with Crippen LogP contribution in [0, 0.1) is 3.57 Å². The van der Waals surface area contributed by atoms with Crippen molar-refractivity contribution < 1.29 is 19.0 Å². The van der Waals surface area contributed by atoms with Gasteiger partial charge in [-0.05, 0) is 41.6 Å². The number of carbonyl (C=O) groups excluding carboxylic acids is 1. The smallest absolute Gasteiger partial charge is 0.343 e. The number of rotatable bonds is 4. The number of ether oxygens (including phenoxy) is 3. The highest BCUT2D eigenvalue weighted by molar-refractivity contribution is 14.1. The predicted molar refractivity (Wildman–Crippen MR) is 68.2 cm³/mol. The van der Waals surface area contributed by atoms with Crippen LogP contribution in [0.5, 0.6) is 11.5 Å². The van der Waals surface area contributed by atoms with Gasteiger partial charge in [-0.3, -0.25) is 0 Å². The van der Waals surface area contributed by atoms with Crippen LogP contribution in [-0.2, 0) is 4.74 Å². The minimum absolute atomic E-state index is 0.329. The number of esters is 1. The van der Waals surface area contributed by atoms with E-state index in [-0.39, 0.29) is 0 Å². The van der Waals surface area contributed by atoms with Gasteiger partial charge in [0.1, 0.15) is 17.1 Å². The second-order valence-corrected chi connectivity index (χ2v) is 3.96. The van der Waals surface area contributed by atoms with Crippen molar-refractivity contribution in [2.24, 2.45) is 0 Å². The van der Waals surface area contributed by atoms with Gasteiger partial charge in [0.2, 0.25) is 0 Å². The number of hydrogen-bond donors (Lipinski definition) is 0. The summed E-state index contributed by atoms with van der Waals surface area (Å²) >= 11 is 2.04. The van der Waals surface area contributed by atoms with Crippen LogP contribution < -0.4 is 9.47 Å². The number of hydrogen-bond acceptors (Lipinski definition) is 4. The summed E-state index contributed by atoms with van der Waals surface area (Å²) < 4.78 is 15.9. The third kappa shape index (κ3) is 2.58. The molecule has 0 saturated heterocycles. The summed E-state index contributed by atoms with van der Waals surface area (Å²) in [5.41, 5.74) is 0.407. The molecule has 88 valence electrons. The van der Waals surface area contributed by atoms with E-state index in [1.54, 1.807) is 26.2 Å². The summed E-state index contributed by atoms with van der Waals surface area (Å²) in [6, 6.07) is 3.44. The molecule has 0 amide bonds. The minimum Gasteiger partial charge on any atom is -0.496 e. The number of benzene rings is 1. The van der Waals surface area contributed by atoms with Crippen LogP contribution in [0.2, 0.25) is 0 Å². The molecule has 0 N–H and O–H groups in total. The molecule has 0 saturated carbocycles. The molecule has 5 heteroatoms. The summed E-state index contributed by atoms with van der Waals surface area (Å²) in [6.45, 7) is 2.09. The highest BCUT2D eigenvalue weighted by Crippen LogP contribution is 2.32. The molecule has 1 aromatic carbocycles. The lowest BCUT2D eigenvalue weighted by molar-refractivity contribution is 0.0521. The quantitative estimate of drug-likeness (QED) is 0.626. The second-order valence-electron chi connectivity index (χ2n) is 2.88. The average Bonchev–Trinajstić information content (AvgIpc) is 2.28. The van der Waals surface area contributed by atoms with E-state index in [4.69, 9.17) is 14.2 Å². The third-order valence-electron chi connectivity index (χ3n) is 1.99. The first kappa shape index (κ1) is 13.1. The Kier molecular flexibility index (Phi) is 4.85. The fraction of sp³-hybridized carbons (Fsp3) is 0.364. The molecular weight excluding hydrogens is 323 g/mol. The molecule has 0 aliphatic carbocycles. The molecule has 0 radical (unpaired) electrons. The van der Waals surface area contributed by atoms with Crippen molar-refractivity contribution in [1.82, 2.24) is 0 Å². The molecule has 0 aliphatic heterocycles. The molecular formula is C11H13IO4. The SMILES string of the molecule is CCOC(=O)c1c(OC)ccc(OC)c1I. The minimum atomic E-state index is -0.400. The van der Waals surface area contributed by atoms with E-state index in [9.17, 15) is 4.79 Å². The monoisotopic (exact) mass is 336 g/mol. The maximum atomic E-state index is 11.8. The van der Waals surface area contributed by atoms with Crippen molar-refractivity contribution in [2.75, 3.05) is 20.8 Å². The van der Waals surface area contributed by atoms with E-state index in [0.717, 1.165) is 0 Å². The second kappa shape index (κ2) is 5.93. The van der Waals surface area contributed by atoms with Gasteiger partial charge in [0.05, 0.1) is 24.4 Å². The van der Waals surface area contributed by atoms with E-state index < -0.39 is 5.97 Å². The molecule has 1 rings (SSSR count). The zero-order valence-corrected chi connectivity index (χ0v) is 11.5. The molecule has 1 aromatic rings. The van der Waals surface area contributed by atoms with Crippen LogP contribution in [0.15, 0.2) is 12.1 Å². The first-order valence-electron chi connectivity index (χ1n) is 4.73. The Labute approximate surface area is 108 Å². The fourth-order valence-electron chi connectivity index (χ4n) is 1.26. The summed E-state index contributed by atoms with van der Waals surface area (Å²) in [4.78, 5) is 11.8. The van der Waals surface area contributed by atoms with Gasteiger partial charge >= 0.3 is 5.97 Å². The molecule has 0 aliphatic rings. The molecule has 0 spiro atoms. The molecule has 0 heterocycles. The van der Waals surface area contributed by atoms with Crippen molar-refractivity contribution >= 4 is 28.6 Å². The zero-order valence-electron chi connectivity index (χ0n) is 9.37. The Bertz CT molecular complexity index is 390. The zero-order chi connectivity index (χ0) is 12.1. The van der Waals surface area contributed by atoms with Crippen LogP contribution in [0.1, 0.15) is 17.3 Å². The van der Waals surface area contributed by atoms with E-state index >= 15 is 0 Å². The van der Waals surface area contributed by atoms with E-state index in [0.29, 0.717) is 27.2 Å². The lowest BCUT2D eigenvalue weighted by atomic mass is 10.2. The number of halogens is 1. The standard InChI is InChI=1S/C11H13IO4/c1-4-16-11(13)9-7(14-2)5-6-8(15-3)10(9)12/h5-6H,4H2,1-3H3. The van der Waals surface area contributed by atoms with Gasteiger partial charge in [0.25, 0.3) is 0 Å². The molecule has 16 heavy (non-hydrogen) atoms. The van der Waals surface area contributed by atoms with Crippen LogP contribution in [0.25, 0.3) is 0 Å². The maximum absolute atomic E-state index is 11.8. The van der Waals surface area contributed by atoms with Crippen LogP contribution in [-0.4, -0.2) is 26.8 Å². The highest BCUT2D eigenvalue weighted by atomic mass is 127. The summed E-state index contributed by atoms with van der Waals surface area (Å²) in [6.07, 6.45) is 0. The van der Waals surface area contributed by atoms with Gasteiger partial charge in [-0.15, -0.1) is 0 Å². The topological polar surface area (TPSA) is 44.8 Å². The number of carbonyl (C=O) groups is 1. The van der Waals surface area contributed by atoms with Gasteiger partial charge in [-0.25, -0.2) is 4.79 Å². The molecule has 0 aromatic heterocycles. The Hall–Kier alpha value is -0.980. The van der Waals surface area contributed by atoms with E-state index in [1.165, 1.54) is 7.11 Å². The lowest BCUT2D eigenvalue weighted by Crippen LogP contribution is -2.09. The van der Waals surface area contributed by atoms with Crippen molar-refractivity contribution in [2.45, 2.75) is 6.92 Å². The van der Waals surface area contributed by atoms with Crippen molar-refractivity contribution in [3.05, 3.63) is 21.3 Å². The summed E-state index contributed by atoms with van der Waals surface area (Å²) in [5, 5.41) is 0. The summed E-state index contributed by atoms with van der Waals surface area (Å²) in [5.74, 6) is 0.718. The van der Waals surface area contributed by atoms with Gasteiger partial charge in [0.15, 0.2) is 0 Å². The molecule has 0 unspecified atom stereocenters. The van der Waals surface area contributed by atoms with E-state index in [2.05, 4.69) is 0 Å². The number of methoxy groups -OCH3 is 2. The van der Waals surface area contributed by atoms with Crippen molar-refractivity contribution in [3.63, 3.8) is 0 Å².